The minimum absolute atomic E-state index is 0.352. The van der Waals surface area contributed by atoms with Gasteiger partial charge in [-0.2, -0.15) is 0 Å². The number of para-hydroxylation sites is 1. The van der Waals surface area contributed by atoms with E-state index in [4.69, 9.17) is 4.74 Å². The minimum atomic E-state index is -0.881. The highest BCUT2D eigenvalue weighted by molar-refractivity contribution is 5.99. The molecule has 1 unspecified atom stereocenters. The summed E-state index contributed by atoms with van der Waals surface area (Å²) in [6.45, 7) is 1.58. The van der Waals surface area contributed by atoms with Crippen molar-refractivity contribution in [1.29, 1.82) is 0 Å². The Morgan fingerprint density at radius 1 is 1.07 bits per heavy atom. The maximum absolute atomic E-state index is 12.5. The summed E-state index contributed by atoms with van der Waals surface area (Å²) in [5.74, 6) is -0.840. The van der Waals surface area contributed by atoms with Crippen molar-refractivity contribution in [3.63, 3.8) is 0 Å². The molecule has 1 heterocycles. The maximum Gasteiger partial charge on any atom is 0.338 e. The first-order valence-corrected chi connectivity index (χ1v) is 9.32. The number of carbonyl (C=O) groups excluding carboxylic acids is 2. The van der Waals surface area contributed by atoms with Gasteiger partial charge in [0.25, 0.3) is 5.91 Å². The molecule has 3 aromatic rings. The lowest BCUT2D eigenvalue weighted by Crippen LogP contribution is -2.29. The Balaban J connectivity index is 1.48. The molecule has 0 saturated heterocycles. The van der Waals surface area contributed by atoms with Gasteiger partial charge in [-0.15, -0.1) is 0 Å². The summed E-state index contributed by atoms with van der Waals surface area (Å²) in [6, 6.07) is 14.6. The normalized spacial score (nSPS) is 14.4. The molecule has 0 saturated carbocycles. The summed E-state index contributed by atoms with van der Waals surface area (Å²) in [6.07, 6.45) is 3.58. The third-order valence-corrected chi connectivity index (χ3v) is 5.03. The molecule has 1 aliphatic carbocycles. The Morgan fingerprint density at radius 2 is 1.85 bits per heavy atom. The Kier molecular flexibility index (Phi) is 4.67. The minimum Gasteiger partial charge on any atom is -0.449 e. The van der Waals surface area contributed by atoms with Crippen LogP contribution in [0.25, 0.3) is 10.9 Å². The zero-order valence-electron chi connectivity index (χ0n) is 15.2. The van der Waals surface area contributed by atoms with Gasteiger partial charge < -0.3 is 15.0 Å². The van der Waals surface area contributed by atoms with Gasteiger partial charge in [-0.05, 0) is 68.5 Å². The van der Waals surface area contributed by atoms with Crippen LogP contribution in [0.4, 0.5) is 5.69 Å². The number of esters is 1. The van der Waals surface area contributed by atoms with Crippen molar-refractivity contribution in [2.24, 2.45) is 0 Å². The monoisotopic (exact) mass is 362 g/mol. The summed E-state index contributed by atoms with van der Waals surface area (Å²) in [5.41, 5.74) is 4.77. The largest absolute Gasteiger partial charge is 0.449 e. The molecule has 4 rings (SSSR count). The summed E-state index contributed by atoms with van der Waals surface area (Å²) in [5, 5.41) is 3.83. The zero-order valence-corrected chi connectivity index (χ0v) is 15.2. The van der Waals surface area contributed by atoms with Crippen LogP contribution in [0.5, 0.6) is 0 Å². The average molecular weight is 362 g/mol. The van der Waals surface area contributed by atoms with Gasteiger partial charge in [0.1, 0.15) is 0 Å². The number of carbonyl (C=O) groups is 2. The summed E-state index contributed by atoms with van der Waals surface area (Å²) in [7, 11) is 0. The number of H-pyrrole nitrogens is 1. The predicted molar refractivity (Wildman–Crippen MR) is 105 cm³/mol. The van der Waals surface area contributed by atoms with Gasteiger partial charge >= 0.3 is 5.97 Å². The van der Waals surface area contributed by atoms with Crippen molar-refractivity contribution in [3.8, 4) is 0 Å². The fourth-order valence-corrected chi connectivity index (χ4v) is 3.58. The number of benzene rings is 2. The number of anilines is 1. The highest BCUT2D eigenvalue weighted by atomic mass is 16.5. The molecule has 0 radical (unpaired) electrons. The van der Waals surface area contributed by atoms with Crippen LogP contribution in [0.15, 0.2) is 48.5 Å². The van der Waals surface area contributed by atoms with E-state index in [-0.39, 0.29) is 5.91 Å². The van der Waals surface area contributed by atoms with Crippen molar-refractivity contribution in [3.05, 3.63) is 65.4 Å². The number of hydrogen-bond donors (Lipinski definition) is 2. The molecule has 1 atom stereocenters. The lowest BCUT2D eigenvalue weighted by Gasteiger charge is -2.14. The Hall–Kier alpha value is -3.08. The van der Waals surface area contributed by atoms with Gasteiger partial charge in [0.2, 0.25) is 0 Å². The first-order valence-electron chi connectivity index (χ1n) is 9.32. The Morgan fingerprint density at radius 3 is 2.67 bits per heavy atom. The fourth-order valence-electron chi connectivity index (χ4n) is 3.58. The Labute approximate surface area is 157 Å². The van der Waals surface area contributed by atoms with Gasteiger partial charge in [-0.1, -0.05) is 18.2 Å². The molecule has 0 aliphatic heterocycles. The van der Waals surface area contributed by atoms with Gasteiger partial charge in [0.15, 0.2) is 6.10 Å². The Bertz CT molecular complexity index is 991. The molecule has 0 spiro atoms. The SMILES string of the molecule is CC(OC(=O)c1ccc2[nH]c3c(c2c1)CCCC3)C(=O)Nc1ccccc1. The molecule has 2 N–H and O–H groups in total. The first-order chi connectivity index (χ1) is 13.1. The first kappa shape index (κ1) is 17.3. The van der Waals surface area contributed by atoms with Crippen LogP contribution in [0.3, 0.4) is 0 Å². The molecule has 5 nitrogen and oxygen atoms in total. The van der Waals surface area contributed by atoms with Crippen molar-refractivity contribution in [2.75, 3.05) is 5.32 Å². The van der Waals surface area contributed by atoms with E-state index in [1.807, 2.05) is 30.3 Å². The summed E-state index contributed by atoms with van der Waals surface area (Å²) in [4.78, 5) is 28.2. The second-order valence-corrected chi connectivity index (χ2v) is 6.95. The molecule has 1 aliphatic rings. The van der Waals surface area contributed by atoms with Crippen LogP contribution >= 0.6 is 0 Å². The number of rotatable bonds is 4. The van der Waals surface area contributed by atoms with E-state index in [1.54, 1.807) is 25.1 Å². The van der Waals surface area contributed by atoms with Crippen LogP contribution < -0.4 is 5.32 Å². The molecule has 27 heavy (non-hydrogen) atoms. The van der Waals surface area contributed by atoms with E-state index in [1.165, 1.54) is 24.1 Å². The van der Waals surface area contributed by atoms with Crippen LogP contribution in [0.2, 0.25) is 0 Å². The van der Waals surface area contributed by atoms with Crippen LogP contribution in [-0.2, 0) is 22.4 Å². The lowest BCUT2D eigenvalue weighted by atomic mass is 9.95. The summed E-state index contributed by atoms with van der Waals surface area (Å²) >= 11 is 0. The number of amides is 1. The molecule has 0 fully saturated rings. The summed E-state index contributed by atoms with van der Waals surface area (Å²) < 4.78 is 5.38. The number of aromatic amines is 1. The van der Waals surface area contributed by atoms with Gasteiger partial charge in [-0.25, -0.2) is 4.79 Å². The number of nitrogens with one attached hydrogen (secondary N) is 2. The molecule has 0 bridgehead atoms. The van der Waals surface area contributed by atoms with E-state index < -0.39 is 12.1 Å². The fraction of sp³-hybridized carbons (Fsp3) is 0.273. The van der Waals surface area contributed by atoms with E-state index in [9.17, 15) is 9.59 Å². The number of aromatic nitrogens is 1. The number of aryl methyl sites for hydroxylation is 2. The average Bonchev–Trinajstić information content (AvgIpc) is 3.06. The van der Waals surface area contributed by atoms with E-state index in [2.05, 4.69) is 10.3 Å². The van der Waals surface area contributed by atoms with Crippen LogP contribution in [0, 0.1) is 0 Å². The second kappa shape index (κ2) is 7.27. The smallest absolute Gasteiger partial charge is 0.338 e. The molecular weight excluding hydrogens is 340 g/mol. The van der Waals surface area contributed by atoms with E-state index in [0.29, 0.717) is 11.3 Å². The standard InChI is InChI=1S/C22H22N2O3/c1-14(21(25)23-16-7-3-2-4-8-16)27-22(26)15-11-12-20-18(13-15)17-9-5-6-10-19(17)24-20/h2-4,7-8,11-14,24H,5-6,9-10H2,1H3,(H,23,25). The second-order valence-electron chi connectivity index (χ2n) is 6.95. The lowest BCUT2D eigenvalue weighted by molar-refractivity contribution is -0.123. The van der Waals surface area contributed by atoms with Crippen molar-refractivity contribution < 1.29 is 14.3 Å². The topological polar surface area (TPSA) is 71.2 Å². The van der Waals surface area contributed by atoms with Gasteiger partial charge in [0, 0.05) is 22.3 Å². The van der Waals surface area contributed by atoms with Gasteiger partial charge in [-0.3, -0.25) is 4.79 Å². The number of fused-ring (bicyclic) bond motifs is 3. The highest BCUT2D eigenvalue weighted by Gasteiger charge is 2.21. The molecule has 1 amide bonds. The maximum atomic E-state index is 12.5. The van der Waals surface area contributed by atoms with E-state index in [0.717, 1.165) is 23.7 Å². The molecular formula is C22H22N2O3. The predicted octanol–water partition coefficient (Wildman–Crippen LogP) is 4.23. The quantitative estimate of drug-likeness (QED) is 0.682. The highest BCUT2D eigenvalue weighted by Crippen LogP contribution is 2.29. The van der Waals surface area contributed by atoms with Crippen molar-refractivity contribution in [1.82, 2.24) is 4.98 Å². The van der Waals surface area contributed by atoms with E-state index >= 15 is 0 Å². The number of ether oxygens (including phenoxy) is 1. The van der Waals surface area contributed by atoms with Crippen molar-refractivity contribution in [2.45, 2.75) is 38.7 Å². The molecule has 1 aromatic heterocycles. The zero-order chi connectivity index (χ0) is 18.8. The van der Waals surface area contributed by atoms with Gasteiger partial charge in [0.05, 0.1) is 5.56 Å². The third kappa shape index (κ3) is 3.58. The van der Waals surface area contributed by atoms with Crippen LogP contribution in [0.1, 0.15) is 41.4 Å². The van der Waals surface area contributed by atoms with Crippen molar-refractivity contribution >= 4 is 28.5 Å². The number of hydrogen-bond acceptors (Lipinski definition) is 3. The molecule has 5 heteroatoms. The third-order valence-electron chi connectivity index (χ3n) is 5.03. The molecule has 2 aromatic carbocycles. The molecule has 138 valence electrons. The van der Waals surface area contributed by atoms with Crippen LogP contribution in [-0.4, -0.2) is 23.0 Å².